The van der Waals surface area contributed by atoms with Gasteiger partial charge in [0.1, 0.15) is 0 Å². The van der Waals surface area contributed by atoms with E-state index in [2.05, 4.69) is 38.3 Å². The lowest BCUT2D eigenvalue weighted by Gasteiger charge is -2.20. The number of hydrogen-bond donors (Lipinski definition) is 3. The zero-order valence-electron chi connectivity index (χ0n) is 14.1. The van der Waals surface area contributed by atoms with Crippen LogP contribution in [-0.2, 0) is 4.79 Å². The van der Waals surface area contributed by atoms with Crippen LogP contribution in [0.25, 0.3) is 0 Å². The Morgan fingerprint density at radius 3 is 2.10 bits per heavy atom. The number of carbonyl (C=O) groups excluding carboxylic acids is 1. The molecule has 21 heavy (non-hydrogen) atoms. The van der Waals surface area contributed by atoms with Crippen LogP contribution in [-0.4, -0.2) is 29.7 Å². The second kappa shape index (κ2) is 10.5. The Balaban J connectivity index is 4.08. The van der Waals surface area contributed by atoms with Crippen molar-refractivity contribution in [1.82, 2.24) is 10.6 Å². The lowest BCUT2D eigenvalue weighted by Crippen LogP contribution is -2.43. The molecule has 2 amide bonds. The summed E-state index contributed by atoms with van der Waals surface area (Å²) in [5.74, 6) is 0.222. The second-order valence-electron chi connectivity index (χ2n) is 6.82. The molecule has 0 radical (unpaired) electrons. The highest BCUT2D eigenvalue weighted by Crippen LogP contribution is 2.14. The van der Waals surface area contributed by atoms with E-state index in [1.54, 1.807) is 0 Å². The van der Waals surface area contributed by atoms with E-state index in [0.29, 0.717) is 18.4 Å². The molecule has 5 heteroatoms. The van der Waals surface area contributed by atoms with E-state index in [1.807, 2.05) is 6.92 Å². The van der Waals surface area contributed by atoms with Gasteiger partial charge in [-0.1, -0.05) is 27.7 Å². The molecule has 2 atom stereocenters. The Bertz CT molecular complexity index is 317. The van der Waals surface area contributed by atoms with Gasteiger partial charge < -0.3 is 15.7 Å². The van der Waals surface area contributed by atoms with Crippen molar-refractivity contribution in [1.29, 1.82) is 0 Å². The molecule has 0 rings (SSSR count). The number of aliphatic carboxylic acids is 1. The molecule has 0 aromatic rings. The molecule has 5 nitrogen and oxygen atoms in total. The van der Waals surface area contributed by atoms with Crippen molar-refractivity contribution in [3.8, 4) is 0 Å². The molecule has 0 heterocycles. The number of hydrogen-bond acceptors (Lipinski definition) is 2. The molecule has 0 bridgehead atoms. The van der Waals surface area contributed by atoms with E-state index in [-0.39, 0.29) is 24.4 Å². The van der Waals surface area contributed by atoms with Crippen LogP contribution in [0, 0.1) is 17.8 Å². The van der Waals surface area contributed by atoms with E-state index >= 15 is 0 Å². The van der Waals surface area contributed by atoms with Gasteiger partial charge in [-0.15, -0.1) is 0 Å². The molecule has 0 saturated carbocycles. The smallest absolute Gasteiger partial charge is 0.315 e. The van der Waals surface area contributed by atoms with E-state index < -0.39 is 5.97 Å². The van der Waals surface area contributed by atoms with E-state index in [9.17, 15) is 9.59 Å². The summed E-state index contributed by atoms with van der Waals surface area (Å²) < 4.78 is 0. The van der Waals surface area contributed by atoms with Crippen LogP contribution in [0.15, 0.2) is 0 Å². The van der Waals surface area contributed by atoms with Crippen LogP contribution >= 0.6 is 0 Å². The zero-order valence-corrected chi connectivity index (χ0v) is 14.1. The summed E-state index contributed by atoms with van der Waals surface area (Å²) in [6.45, 7) is 10.8. The summed E-state index contributed by atoms with van der Waals surface area (Å²) in [5.41, 5.74) is 0. The third-order valence-electron chi connectivity index (χ3n) is 3.37. The van der Waals surface area contributed by atoms with Crippen LogP contribution in [0.2, 0.25) is 0 Å². The number of amides is 2. The van der Waals surface area contributed by atoms with Crippen molar-refractivity contribution in [3.05, 3.63) is 0 Å². The van der Waals surface area contributed by atoms with Crippen molar-refractivity contribution < 1.29 is 14.7 Å². The fourth-order valence-electron chi connectivity index (χ4n) is 2.32. The van der Waals surface area contributed by atoms with Gasteiger partial charge in [-0.05, 0) is 43.9 Å². The molecule has 0 aliphatic rings. The number of nitrogens with one attached hydrogen (secondary N) is 2. The first-order valence-electron chi connectivity index (χ1n) is 7.96. The average Bonchev–Trinajstić information content (AvgIpc) is 2.32. The Morgan fingerprint density at radius 1 is 1.00 bits per heavy atom. The van der Waals surface area contributed by atoms with Gasteiger partial charge in [-0.3, -0.25) is 4.79 Å². The monoisotopic (exact) mass is 300 g/mol. The molecule has 0 aliphatic heterocycles. The van der Waals surface area contributed by atoms with Gasteiger partial charge in [-0.2, -0.15) is 0 Å². The summed E-state index contributed by atoms with van der Waals surface area (Å²) >= 11 is 0. The first kappa shape index (κ1) is 19.7. The normalized spacial score (nSPS) is 14.0. The maximum atomic E-state index is 11.8. The van der Waals surface area contributed by atoms with E-state index in [4.69, 9.17) is 5.11 Å². The largest absolute Gasteiger partial charge is 0.481 e. The highest BCUT2D eigenvalue weighted by molar-refractivity contribution is 5.74. The zero-order chi connectivity index (χ0) is 16.4. The van der Waals surface area contributed by atoms with Gasteiger partial charge in [0.05, 0.1) is 0 Å². The average molecular weight is 300 g/mol. The lowest BCUT2D eigenvalue weighted by atomic mass is 9.94. The minimum Gasteiger partial charge on any atom is -0.481 e. The predicted molar refractivity (Wildman–Crippen MR) is 85.3 cm³/mol. The van der Waals surface area contributed by atoms with Crippen LogP contribution in [0.5, 0.6) is 0 Å². The molecule has 3 N–H and O–H groups in total. The number of rotatable bonds is 10. The van der Waals surface area contributed by atoms with Crippen molar-refractivity contribution >= 4 is 12.0 Å². The maximum absolute atomic E-state index is 11.8. The topological polar surface area (TPSA) is 78.4 Å². The fraction of sp³-hybridized carbons (Fsp3) is 0.875. The Kier molecular flexibility index (Phi) is 9.84. The quantitative estimate of drug-likeness (QED) is 0.579. The Morgan fingerprint density at radius 2 is 1.62 bits per heavy atom. The van der Waals surface area contributed by atoms with Gasteiger partial charge in [0, 0.05) is 19.0 Å². The van der Waals surface area contributed by atoms with Crippen molar-refractivity contribution in [3.63, 3.8) is 0 Å². The summed E-state index contributed by atoms with van der Waals surface area (Å²) in [6.07, 6.45) is 2.93. The van der Waals surface area contributed by atoms with E-state index in [0.717, 1.165) is 19.3 Å². The Labute approximate surface area is 128 Å². The predicted octanol–water partition coefficient (Wildman–Crippen LogP) is 3.25. The van der Waals surface area contributed by atoms with Crippen LogP contribution in [0.4, 0.5) is 4.79 Å². The number of carboxylic acids is 1. The van der Waals surface area contributed by atoms with Gasteiger partial charge in [0.2, 0.25) is 0 Å². The van der Waals surface area contributed by atoms with Gasteiger partial charge in [-0.25, -0.2) is 4.79 Å². The molecular weight excluding hydrogens is 268 g/mol. The molecule has 124 valence electrons. The summed E-state index contributed by atoms with van der Waals surface area (Å²) in [5, 5.41) is 14.6. The standard InChI is InChI=1S/C16H32N2O3/c1-11(2)6-7-13(5)18-16(21)17-10-14(8-12(3)4)9-15(19)20/h11-14H,6-10H2,1-5H3,(H,19,20)(H2,17,18,21)/t13?,14-/m0/s1. The highest BCUT2D eigenvalue weighted by Gasteiger charge is 2.16. The molecule has 0 aliphatic carbocycles. The molecule has 0 saturated heterocycles. The first-order valence-corrected chi connectivity index (χ1v) is 7.96. The highest BCUT2D eigenvalue weighted by atomic mass is 16.4. The SMILES string of the molecule is CC(C)CCC(C)NC(=O)NC[C@H](CC(=O)O)CC(C)C. The third-order valence-corrected chi connectivity index (χ3v) is 3.37. The number of urea groups is 1. The maximum Gasteiger partial charge on any atom is 0.315 e. The minimum absolute atomic E-state index is 0.0146. The van der Waals surface area contributed by atoms with Crippen molar-refractivity contribution in [2.75, 3.05) is 6.54 Å². The molecular formula is C16H32N2O3. The lowest BCUT2D eigenvalue weighted by molar-refractivity contribution is -0.138. The van der Waals surface area contributed by atoms with Crippen molar-refractivity contribution in [2.45, 2.75) is 66.3 Å². The van der Waals surface area contributed by atoms with E-state index in [1.165, 1.54) is 0 Å². The van der Waals surface area contributed by atoms with Gasteiger partial charge in [0.25, 0.3) is 0 Å². The van der Waals surface area contributed by atoms with Crippen molar-refractivity contribution in [2.24, 2.45) is 17.8 Å². The third kappa shape index (κ3) is 12.2. The number of carboxylic acid groups (broad SMARTS) is 1. The molecule has 0 spiro atoms. The molecule has 1 unspecified atom stereocenters. The second-order valence-corrected chi connectivity index (χ2v) is 6.82. The van der Waals surface area contributed by atoms with Crippen LogP contribution in [0.1, 0.15) is 60.3 Å². The van der Waals surface area contributed by atoms with Gasteiger partial charge >= 0.3 is 12.0 Å². The first-order chi connectivity index (χ1) is 9.70. The molecule has 0 aromatic carbocycles. The summed E-state index contributed by atoms with van der Waals surface area (Å²) in [7, 11) is 0. The molecule has 0 aromatic heterocycles. The van der Waals surface area contributed by atoms with Crippen LogP contribution < -0.4 is 10.6 Å². The fourth-order valence-corrected chi connectivity index (χ4v) is 2.32. The Hall–Kier alpha value is -1.26. The summed E-state index contributed by atoms with van der Waals surface area (Å²) in [6, 6.07) is -0.0687. The molecule has 0 fully saturated rings. The van der Waals surface area contributed by atoms with Gasteiger partial charge in [0.15, 0.2) is 0 Å². The minimum atomic E-state index is -0.812. The number of carbonyl (C=O) groups is 2. The van der Waals surface area contributed by atoms with Crippen LogP contribution in [0.3, 0.4) is 0 Å². The summed E-state index contributed by atoms with van der Waals surface area (Å²) in [4.78, 5) is 22.6.